The molecule has 1 aliphatic rings. The van der Waals surface area contributed by atoms with E-state index in [4.69, 9.17) is 0 Å². The number of amides is 1. The van der Waals surface area contributed by atoms with Crippen molar-refractivity contribution in [3.05, 3.63) is 21.9 Å². The Morgan fingerprint density at radius 2 is 2.11 bits per heavy atom. The zero-order chi connectivity index (χ0) is 13.0. The van der Waals surface area contributed by atoms with Gasteiger partial charge in [0.2, 0.25) is 0 Å². The quantitative estimate of drug-likeness (QED) is 0.927. The Kier molecular flexibility index (Phi) is 6.83. The van der Waals surface area contributed by atoms with Crippen molar-refractivity contribution in [1.82, 2.24) is 10.2 Å². The van der Waals surface area contributed by atoms with Gasteiger partial charge < -0.3 is 10.2 Å². The number of hydrogen-bond donors (Lipinski definition) is 1. The molecule has 1 saturated heterocycles. The van der Waals surface area contributed by atoms with Gasteiger partial charge in [-0.2, -0.15) is 11.3 Å². The smallest absolute Gasteiger partial charge is 0.254 e. The van der Waals surface area contributed by atoms with Gasteiger partial charge in [-0.3, -0.25) is 4.79 Å². The van der Waals surface area contributed by atoms with Crippen LogP contribution in [0.4, 0.5) is 0 Å². The molecule has 2 heterocycles. The molecule has 0 atom stereocenters. The number of halogens is 1. The molecule has 5 heteroatoms. The molecule has 0 aromatic carbocycles. The van der Waals surface area contributed by atoms with Gasteiger partial charge in [0.05, 0.1) is 5.56 Å². The molecule has 0 bridgehead atoms. The van der Waals surface area contributed by atoms with E-state index in [1.165, 1.54) is 6.42 Å². The number of thiophene rings is 1. The van der Waals surface area contributed by atoms with Crippen molar-refractivity contribution < 1.29 is 4.79 Å². The minimum Gasteiger partial charge on any atom is -0.339 e. The van der Waals surface area contributed by atoms with E-state index < -0.39 is 0 Å². The molecule has 1 amide bonds. The number of piperidine rings is 1. The maximum Gasteiger partial charge on any atom is 0.254 e. The lowest BCUT2D eigenvalue weighted by molar-refractivity contribution is 0.0687. The summed E-state index contributed by atoms with van der Waals surface area (Å²) in [7, 11) is 2.00. The Labute approximate surface area is 125 Å². The molecule has 0 aliphatic carbocycles. The van der Waals surface area contributed by atoms with Crippen LogP contribution in [0, 0.1) is 12.8 Å². The highest BCUT2D eigenvalue weighted by Gasteiger charge is 2.24. The summed E-state index contributed by atoms with van der Waals surface area (Å²) in [4.78, 5) is 14.3. The minimum atomic E-state index is 0. The second-order valence-electron chi connectivity index (χ2n) is 5.10. The van der Waals surface area contributed by atoms with Gasteiger partial charge in [0.1, 0.15) is 0 Å². The molecule has 1 aromatic heterocycles. The molecule has 1 aromatic rings. The summed E-state index contributed by atoms with van der Waals surface area (Å²) in [6.45, 7) is 4.94. The topological polar surface area (TPSA) is 32.3 Å². The number of carbonyl (C=O) groups excluding carboxylic acids is 1. The summed E-state index contributed by atoms with van der Waals surface area (Å²) >= 11 is 1.61. The third-order valence-corrected chi connectivity index (χ3v) is 4.65. The van der Waals surface area contributed by atoms with Gasteiger partial charge in [-0.05, 0) is 56.6 Å². The SMILES string of the molecule is CNCCC1CCN(C(=O)c2cscc2C)CC1.Cl. The van der Waals surface area contributed by atoms with Crippen LogP contribution in [0.5, 0.6) is 0 Å². The molecule has 108 valence electrons. The number of hydrogen-bond acceptors (Lipinski definition) is 3. The van der Waals surface area contributed by atoms with E-state index in [0.717, 1.165) is 49.5 Å². The van der Waals surface area contributed by atoms with Gasteiger partial charge in [0.25, 0.3) is 5.91 Å². The fourth-order valence-electron chi connectivity index (χ4n) is 2.52. The monoisotopic (exact) mass is 302 g/mol. The summed E-state index contributed by atoms with van der Waals surface area (Å²) in [6, 6.07) is 0. The number of carbonyl (C=O) groups is 1. The number of rotatable bonds is 4. The first-order valence-corrected chi connectivity index (χ1v) is 7.63. The van der Waals surface area contributed by atoms with E-state index in [0.29, 0.717) is 0 Å². The predicted molar refractivity (Wildman–Crippen MR) is 83.5 cm³/mol. The molecule has 0 spiro atoms. The Morgan fingerprint density at radius 3 is 2.63 bits per heavy atom. The van der Waals surface area contributed by atoms with E-state index in [-0.39, 0.29) is 18.3 Å². The Morgan fingerprint density at radius 1 is 1.42 bits per heavy atom. The molecule has 19 heavy (non-hydrogen) atoms. The van der Waals surface area contributed by atoms with Gasteiger partial charge in [0.15, 0.2) is 0 Å². The summed E-state index contributed by atoms with van der Waals surface area (Å²) in [5.74, 6) is 1.01. The van der Waals surface area contributed by atoms with Crippen LogP contribution in [0.25, 0.3) is 0 Å². The average molecular weight is 303 g/mol. The molecule has 0 saturated carbocycles. The largest absolute Gasteiger partial charge is 0.339 e. The van der Waals surface area contributed by atoms with E-state index in [2.05, 4.69) is 5.32 Å². The molecule has 2 rings (SSSR count). The summed E-state index contributed by atoms with van der Waals surface area (Å²) in [6.07, 6.45) is 3.53. The lowest BCUT2D eigenvalue weighted by Crippen LogP contribution is -2.39. The maximum atomic E-state index is 12.3. The van der Waals surface area contributed by atoms with Gasteiger partial charge in [-0.15, -0.1) is 12.4 Å². The Balaban J connectivity index is 0.00000180. The van der Waals surface area contributed by atoms with Crippen molar-refractivity contribution in [2.24, 2.45) is 5.92 Å². The zero-order valence-corrected chi connectivity index (χ0v) is 13.3. The van der Waals surface area contributed by atoms with Crippen LogP contribution >= 0.6 is 23.7 Å². The molecule has 1 N–H and O–H groups in total. The van der Waals surface area contributed by atoms with Crippen molar-refractivity contribution in [2.45, 2.75) is 26.2 Å². The van der Waals surface area contributed by atoms with Crippen LogP contribution in [0.3, 0.4) is 0 Å². The lowest BCUT2D eigenvalue weighted by atomic mass is 9.93. The highest BCUT2D eigenvalue weighted by atomic mass is 35.5. The maximum absolute atomic E-state index is 12.3. The van der Waals surface area contributed by atoms with Crippen LogP contribution in [0.15, 0.2) is 10.8 Å². The molecule has 1 fully saturated rings. The fraction of sp³-hybridized carbons (Fsp3) is 0.643. The second-order valence-corrected chi connectivity index (χ2v) is 5.84. The zero-order valence-electron chi connectivity index (χ0n) is 11.6. The third-order valence-electron chi connectivity index (χ3n) is 3.79. The minimum absolute atomic E-state index is 0. The predicted octanol–water partition coefficient (Wildman–Crippen LogP) is 2.94. The summed E-state index contributed by atoms with van der Waals surface area (Å²) in [5, 5.41) is 7.23. The molecule has 3 nitrogen and oxygen atoms in total. The van der Waals surface area contributed by atoms with E-state index in [9.17, 15) is 4.79 Å². The number of aryl methyl sites for hydroxylation is 1. The fourth-order valence-corrected chi connectivity index (χ4v) is 3.35. The van der Waals surface area contributed by atoms with Gasteiger partial charge in [0, 0.05) is 18.5 Å². The van der Waals surface area contributed by atoms with E-state index in [1.807, 2.05) is 29.6 Å². The van der Waals surface area contributed by atoms with Crippen LogP contribution in [-0.4, -0.2) is 37.5 Å². The van der Waals surface area contributed by atoms with E-state index >= 15 is 0 Å². The average Bonchev–Trinajstić information content (AvgIpc) is 2.82. The highest BCUT2D eigenvalue weighted by Crippen LogP contribution is 2.23. The van der Waals surface area contributed by atoms with Crippen molar-refractivity contribution >= 4 is 29.7 Å². The second kappa shape index (κ2) is 7.88. The van der Waals surface area contributed by atoms with Crippen LogP contribution in [0.2, 0.25) is 0 Å². The van der Waals surface area contributed by atoms with E-state index in [1.54, 1.807) is 11.3 Å². The normalized spacial score (nSPS) is 16.2. The summed E-state index contributed by atoms with van der Waals surface area (Å²) in [5.41, 5.74) is 2.01. The first-order chi connectivity index (χ1) is 8.72. The molecule has 1 aliphatic heterocycles. The van der Waals surface area contributed by atoms with Crippen LogP contribution in [-0.2, 0) is 0 Å². The first kappa shape index (κ1) is 16.5. The molecular formula is C14H23ClN2OS. The highest BCUT2D eigenvalue weighted by molar-refractivity contribution is 7.08. The van der Waals surface area contributed by atoms with Crippen LogP contribution < -0.4 is 5.32 Å². The number of nitrogens with one attached hydrogen (secondary N) is 1. The van der Waals surface area contributed by atoms with Crippen molar-refractivity contribution in [2.75, 3.05) is 26.7 Å². The first-order valence-electron chi connectivity index (χ1n) is 6.69. The van der Waals surface area contributed by atoms with Crippen molar-refractivity contribution in [3.63, 3.8) is 0 Å². The molecule has 0 radical (unpaired) electrons. The number of nitrogens with zero attached hydrogens (tertiary/aromatic N) is 1. The third kappa shape index (κ3) is 4.20. The van der Waals surface area contributed by atoms with Crippen molar-refractivity contribution in [1.29, 1.82) is 0 Å². The molecular weight excluding hydrogens is 280 g/mol. The molecule has 0 unspecified atom stereocenters. The van der Waals surface area contributed by atoms with Gasteiger partial charge in [-0.1, -0.05) is 0 Å². The van der Waals surface area contributed by atoms with Crippen molar-refractivity contribution in [3.8, 4) is 0 Å². The standard InChI is InChI=1S/C14H22N2OS.ClH/c1-11-9-18-10-13(11)14(17)16-7-4-12(5-8-16)3-6-15-2;/h9-10,12,15H,3-8H2,1-2H3;1H. The number of likely N-dealkylation sites (tertiary alicyclic amines) is 1. The lowest BCUT2D eigenvalue weighted by Gasteiger charge is -2.32. The summed E-state index contributed by atoms with van der Waals surface area (Å²) < 4.78 is 0. The Bertz CT molecular complexity index is 400. The Hall–Kier alpha value is -0.580. The van der Waals surface area contributed by atoms with Gasteiger partial charge >= 0.3 is 0 Å². The van der Waals surface area contributed by atoms with Crippen LogP contribution in [0.1, 0.15) is 35.2 Å². The van der Waals surface area contributed by atoms with Gasteiger partial charge in [-0.25, -0.2) is 0 Å².